The van der Waals surface area contributed by atoms with Crippen LogP contribution < -0.4 is 4.74 Å². The van der Waals surface area contributed by atoms with Gasteiger partial charge in [0.15, 0.2) is 0 Å². The zero-order chi connectivity index (χ0) is 15.2. The van der Waals surface area contributed by atoms with Gasteiger partial charge in [0.1, 0.15) is 5.75 Å². The number of hydrogen-bond donors (Lipinski definition) is 0. The topological polar surface area (TPSA) is 78.7 Å². The summed E-state index contributed by atoms with van der Waals surface area (Å²) < 4.78 is 10.2. The van der Waals surface area contributed by atoms with Crippen LogP contribution in [0, 0.1) is 15.5 Å². The maximum atomic E-state index is 11.5. The Morgan fingerprint density at radius 1 is 1.40 bits per heavy atom. The van der Waals surface area contributed by atoms with Crippen molar-refractivity contribution in [3.63, 3.8) is 0 Å². The molecule has 1 aromatic rings. The van der Waals surface area contributed by atoms with Gasteiger partial charge in [0.05, 0.1) is 30.1 Å². The van der Waals surface area contributed by atoms with E-state index in [1.54, 1.807) is 12.1 Å². The quantitative estimate of drug-likeness (QED) is 0.332. The first kappa shape index (κ1) is 15.9. The first-order chi connectivity index (χ1) is 9.36. The Labute approximate surface area is 117 Å². The molecule has 0 aliphatic carbocycles. The van der Waals surface area contributed by atoms with Gasteiger partial charge in [0, 0.05) is 6.07 Å². The number of carbonyl (C=O) groups excluding carboxylic acids is 1. The number of esters is 1. The van der Waals surface area contributed by atoms with E-state index < -0.39 is 10.3 Å². The highest BCUT2D eigenvalue weighted by Crippen LogP contribution is 2.24. The molecule has 0 spiro atoms. The van der Waals surface area contributed by atoms with Gasteiger partial charge < -0.3 is 9.47 Å². The number of nitro groups is 1. The minimum atomic E-state index is -0.555. The molecule has 6 heteroatoms. The van der Waals surface area contributed by atoms with Gasteiger partial charge in [-0.25, -0.2) is 0 Å². The number of ether oxygens (including phenoxy) is 2. The summed E-state index contributed by atoms with van der Waals surface area (Å²) in [5, 5.41) is 10.6. The molecule has 0 aromatic heterocycles. The fourth-order valence-corrected chi connectivity index (χ4v) is 1.77. The third kappa shape index (κ3) is 4.53. The van der Waals surface area contributed by atoms with Crippen LogP contribution >= 0.6 is 0 Å². The molecule has 1 rings (SSSR count). The van der Waals surface area contributed by atoms with Crippen molar-refractivity contribution >= 4 is 11.7 Å². The Morgan fingerprint density at radius 2 is 2.10 bits per heavy atom. The van der Waals surface area contributed by atoms with E-state index in [1.807, 2.05) is 13.8 Å². The molecular weight excluding hydrogens is 262 g/mol. The van der Waals surface area contributed by atoms with Crippen LogP contribution in [-0.4, -0.2) is 24.6 Å². The number of nitrogens with zero attached hydrogens (tertiary/aromatic N) is 1. The van der Waals surface area contributed by atoms with Crippen molar-refractivity contribution in [3.8, 4) is 5.75 Å². The molecule has 6 nitrogen and oxygen atoms in total. The van der Waals surface area contributed by atoms with E-state index >= 15 is 0 Å². The van der Waals surface area contributed by atoms with Gasteiger partial charge in [-0.2, -0.15) is 0 Å². The van der Waals surface area contributed by atoms with Crippen molar-refractivity contribution in [1.82, 2.24) is 0 Å². The number of benzene rings is 1. The summed E-state index contributed by atoms with van der Waals surface area (Å²) in [6.07, 6.45) is 1.28. The number of carbonyl (C=O) groups is 1. The zero-order valence-electron chi connectivity index (χ0n) is 11.9. The molecule has 0 saturated heterocycles. The summed E-state index contributed by atoms with van der Waals surface area (Å²) in [5.41, 5.74) is -0.557. The van der Waals surface area contributed by atoms with Crippen LogP contribution in [0.5, 0.6) is 5.75 Å². The lowest BCUT2D eigenvalue weighted by Gasteiger charge is -2.21. The van der Waals surface area contributed by atoms with E-state index in [9.17, 15) is 14.9 Å². The Morgan fingerprint density at radius 3 is 2.70 bits per heavy atom. The number of hydrogen-bond acceptors (Lipinski definition) is 5. The van der Waals surface area contributed by atoms with Crippen molar-refractivity contribution in [2.75, 3.05) is 13.7 Å². The van der Waals surface area contributed by atoms with Crippen LogP contribution in [0.3, 0.4) is 0 Å². The number of non-ortho nitro benzene ring substituents is 1. The molecular formula is C14H19NO5. The van der Waals surface area contributed by atoms with Crippen LogP contribution in [0.25, 0.3) is 0 Å². The Balaban J connectivity index is 2.43. The van der Waals surface area contributed by atoms with E-state index in [4.69, 9.17) is 9.47 Å². The first-order valence-electron chi connectivity index (χ1n) is 6.32. The maximum absolute atomic E-state index is 11.5. The molecule has 0 unspecified atom stereocenters. The van der Waals surface area contributed by atoms with E-state index in [0.29, 0.717) is 25.2 Å². The van der Waals surface area contributed by atoms with E-state index in [-0.39, 0.29) is 11.7 Å². The number of nitro benzene ring substituents is 1. The molecule has 0 bridgehead atoms. The second-order valence-electron chi connectivity index (χ2n) is 5.08. The molecule has 20 heavy (non-hydrogen) atoms. The lowest BCUT2D eigenvalue weighted by atomic mass is 9.88. The average Bonchev–Trinajstić information content (AvgIpc) is 2.43. The highest BCUT2D eigenvalue weighted by Gasteiger charge is 2.27. The normalized spacial score (nSPS) is 10.9. The maximum Gasteiger partial charge on any atom is 0.311 e. The van der Waals surface area contributed by atoms with Crippen molar-refractivity contribution in [2.24, 2.45) is 5.41 Å². The molecule has 0 radical (unpaired) electrons. The summed E-state index contributed by atoms with van der Waals surface area (Å²) in [6.45, 7) is 4.01. The Bertz CT molecular complexity index is 484. The van der Waals surface area contributed by atoms with Crippen molar-refractivity contribution < 1.29 is 19.2 Å². The Hall–Kier alpha value is -2.11. The SMILES string of the molecule is COC(=O)C(C)(C)CCCOc1cccc([N+](=O)[O-])c1. The molecule has 110 valence electrons. The second-order valence-corrected chi connectivity index (χ2v) is 5.08. The number of rotatable bonds is 7. The lowest BCUT2D eigenvalue weighted by molar-refractivity contribution is -0.384. The Kier molecular flexibility index (Phi) is 5.49. The highest BCUT2D eigenvalue weighted by atomic mass is 16.6. The smallest absolute Gasteiger partial charge is 0.311 e. The predicted octanol–water partition coefficient (Wildman–Crippen LogP) is 2.95. The molecule has 0 N–H and O–H groups in total. The fourth-order valence-electron chi connectivity index (χ4n) is 1.77. The predicted molar refractivity (Wildman–Crippen MR) is 73.6 cm³/mol. The minimum Gasteiger partial charge on any atom is -0.493 e. The van der Waals surface area contributed by atoms with Crippen LogP contribution in [0.1, 0.15) is 26.7 Å². The summed E-state index contributed by atoms with van der Waals surface area (Å²) in [4.78, 5) is 21.6. The molecule has 0 atom stereocenters. The molecule has 0 saturated carbocycles. The first-order valence-corrected chi connectivity index (χ1v) is 6.32. The van der Waals surface area contributed by atoms with E-state index in [2.05, 4.69) is 0 Å². The summed E-state index contributed by atoms with van der Waals surface area (Å²) in [7, 11) is 1.36. The van der Waals surface area contributed by atoms with Gasteiger partial charge >= 0.3 is 5.97 Å². The van der Waals surface area contributed by atoms with Crippen molar-refractivity contribution in [2.45, 2.75) is 26.7 Å². The molecule has 0 heterocycles. The highest BCUT2D eigenvalue weighted by molar-refractivity contribution is 5.75. The van der Waals surface area contributed by atoms with Crippen LogP contribution in [-0.2, 0) is 9.53 Å². The van der Waals surface area contributed by atoms with Crippen LogP contribution in [0.2, 0.25) is 0 Å². The van der Waals surface area contributed by atoms with E-state index in [1.165, 1.54) is 19.2 Å². The third-order valence-corrected chi connectivity index (χ3v) is 2.98. The van der Waals surface area contributed by atoms with Crippen LogP contribution in [0.15, 0.2) is 24.3 Å². The molecule has 0 aliphatic rings. The molecule has 0 fully saturated rings. The van der Waals surface area contributed by atoms with Gasteiger partial charge in [-0.15, -0.1) is 0 Å². The average molecular weight is 281 g/mol. The lowest BCUT2D eigenvalue weighted by Crippen LogP contribution is -2.26. The second kappa shape index (κ2) is 6.88. The molecule has 0 aliphatic heterocycles. The monoisotopic (exact) mass is 281 g/mol. The fraction of sp³-hybridized carbons (Fsp3) is 0.500. The summed E-state index contributed by atoms with van der Waals surface area (Å²) in [5.74, 6) is 0.197. The standard InChI is InChI=1S/C14H19NO5/c1-14(2,13(16)19-3)8-5-9-20-12-7-4-6-11(10-12)15(17)18/h4,6-7,10H,5,8-9H2,1-3H3. The largest absolute Gasteiger partial charge is 0.493 e. The summed E-state index contributed by atoms with van der Waals surface area (Å²) in [6, 6.07) is 6.03. The van der Waals surface area contributed by atoms with Crippen molar-refractivity contribution in [1.29, 1.82) is 0 Å². The summed E-state index contributed by atoms with van der Waals surface area (Å²) >= 11 is 0. The van der Waals surface area contributed by atoms with Gasteiger partial charge in [-0.3, -0.25) is 14.9 Å². The zero-order valence-corrected chi connectivity index (χ0v) is 11.9. The van der Waals surface area contributed by atoms with Crippen molar-refractivity contribution in [3.05, 3.63) is 34.4 Å². The molecule has 1 aromatic carbocycles. The van der Waals surface area contributed by atoms with Gasteiger partial charge in [-0.1, -0.05) is 6.07 Å². The molecule has 0 amide bonds. The van der Waals surface area contributed by atoms with Gasteiger partial charge in [0.2, 0.25) is 0 Å². The van der Waals surface area contributed by atoms with Gasteiger partial charge in [-0.05, 0) is 32.8 Å². The number of methoxy groups -OCH3 is 1. The third-order valence-electron chi connectivity index (χ3n) is 2.98. The minimum absolute atomic E-state index is 0.00242. The van der Waals surface area contributed by atoms with Crippen LogP contribution in [0.4, 0.5) is 5.69 Å². The van der Waals surface area contributed by atoms with Gasteiger partial charge in [0.25, 0.3) is 5.69 Å². The van der Waals surface area contributed by atoms with E-state index in [0.717, 1.165) is 0 Å².